The molecule has 0 radical (unpaired) electrons. The molecule has 0 heterocycles. The molecular weight excluding hydrogens is 326 g/mol. The van der Waals surface area contributed by atoms with Gasteiger partial charge in [0.1, 0.15) is 0 Å². The summed E-state index contributed by atoms with van der Waals surface area (Å²) in [4.78, 5) is 12.5. The second kappa shape index (κ2) is 7.30. The molecule has 104 valence electrons. The molecule has 0 spiro atoms. The zero-order valence-electron chi connectivity index (χ0n) is 10.9. The average Bonchev–Trinajstić information content (AvgIpc) is 2.58. The summed E-state index contributed by atoms with van der Waals surface area (Å²) in [6.45, 7) is 0. The van der Waals surface area contributed by atoms with Crippen LogP contribution in [-0.4, -0.2) is 16.8 Å². The Morgan fingerprint density at radius 3 is 2.79 bits per heavy atom. The van der Waals surface area contributed by atoms with Crippen LogP contribution >= 0.6 is 27.5 Å². The number of carbonyl (C=O) groups is 1. The number of carbonyl (C=O) groups excluding carboxylic acids is 1. The molecule has 1 amide bonds. The highest BCUT2D eigenvalue weighted by atomic mass is 79.9. The molecule has 2 atom stereocenters. The minimum atomic E-state index is 0.0597. The number of halogens is 2. The first-order chi connectivity index (χ1) is 9.16. The van der Waals surface area contributed by atoms with E-state index in [0.717, 1.165) is 18.4 Å². The molecule has 2 rings (SSSR count). The van der Waals surface area contributed by atoms with E-state index in [1.807, 2.05) is 24.3 Å². The Hall–Kier alpha value is -0.540. The number of hydrogen-bond donors (Lipinski definition) is 1. The lowest BCUT2D eigenvalue weighted by Gasteiger charge is -2.21. The van der Waals surface area contributed by atoms with Crippen LogP contribution in [0.25, 0.3) is 0 Å². The quantitative estimate of drug-likeness (QED) is 0.649. The molecule has 2 nitrogen and oxygen atoms in total. The van der Waals surface area contributed by atoms with Gasteiger partial charge in [0, 0.05) is 15.9 Å². The first kappa shape index (κ1) is 14.9. The highest BCUT2D eigenvalue weighted by Gasteiger charge is 2.22. The van der Waals surface area contributed by atoms with Crippen LogP contribution in [0, 0.1) is 0 Å². The first-order valence-corrected chi connectivity index (χ1v) is 8.13. The predicted molar refractivity (Wildman–Crippen MR) is 82.9 cm³/mol. The number of rotatable bonds is 3. The van der Waals surface area contributed by atoms with Gasteiger partial charge in [0.05, 0.1) is 6.42 Å². The lowest BCUT2D eigenvalue weighted by Crippen LogP contribution is -2.41. The topological polar surface area (TPSA) is 29.1 Å². The number of amides is 1. The average molecular weight is 345 g/mol. The summed E-state index contributed by atoms with van der Waals surface area (Å²) in [5.41, 5.74) is 0.890. The molecule has 1 aromatic carbocycles. The third kappa shape index (κ3) is 4.50. The maximum atomic E-state index is 12.1. The summed E-state index contributed by atoms with van der Waals surface area (Å²) in [6, 6.07) is 7.76. The Labute approximate surface area is 128 Å². The van der Waals surface area contributed by atoms with E-state index in [2.05, 4.69) is 21.2 Å². The van der Waals surface area contributed by atoms with E-state index in [1.165, 1.54) is 19.3 Å². The van der Waals surface area contributed by atoms with E-state index >= 15 is 0 Å². The van der Waals surface area contributed by atoms with E-state index in [9.17, 15) is 4.79 Å². The molecule has 0 aromatic heterocycles. The van der Waals surface area contributed by atoms with E-state index in [4.69, 9.17) is 11.6 Å². The molecule has 0 aliphatic heterocycles. The Balaban J connectivity index is 1.92. The van der Waals surface area contributed by atoms with Crippen LogP contribution in [0.2, 0.25) is 5.02 Å². The Morgan fingerprint density at radius 2 is 2.00 bits per heavy atom. The molecule has 0 saturated heterocycles. The molecule has 2 unspecified atom stereocenters. The lowest BCUT2D eigenvalue weighted by atomic mass is 10.1. The lowest BCUT2D eigenvalue weighted by molar-refractivity contribution is -0.121. The standard InChI is InChI=1S/C15H19BrClNO/c16-12-7-2-1-3-9-14(12)18-15(19)10-11-6-4-5-8-13(11)17/h4-6,8,12,14H,1-3,7,9-10H2,(H,18,19). The fourth-order valence-corrected chi connectivity index (χ4v) is 3.42. The zero-order valence-corrected chi connectivity index (χ0v) is 13.2. The van der Waals surface area contributed by atoms with Gasteiger partial charge >= 0.3 is 0 Å². The van der Waals surface area contributed by atoms with Gasteiger partial charge < -0.3 is 5.32 Å². The summed E-state index contributed by atoms with van der Waals surface area (Å²) < 4.78 is 0. The van der Waals surface area contributed by atoms with Crippen molar-refractivity contribution in [1.29, 1.82) is 0 Å². The fourth-order valence-electron chi connectivity index (χ4n) is 2.50. The van der Waals surface area contributed by atoms with Crippen LogP contribution in [0.3, 0.4) is 0 Å². The third-order valence-corrected chi connectivity index (χ3v) is 5.05. The summed E-state index contributed by atoms with van der Waals surface area (Å²) >= 11 is 9.77. The van der Waals surface area contributed by atoms with Crippen molar-refractivity contribution in [3.8, 4) is 0 Å². The van der Waals surface area contributed by atoms with Gasteiger partial charge in [-0.1, -0.05) is 65.0 Å². The van der Waals surface area contributed by atoms with Crippen molar-refractivity contribution in [1.82, 2.24) is 5.32 Å². The predicted octanol–water partition coefficient (Wildman–Crippen LogP) is 4.09. The van der Waals surface area contributed by atoms with Crippen molar-refractivity contribution in [2.75, 3.05) is 0 Å². The van der Waals surface area contributed by atoms with Crippen LogP contribution in [0.4, 0.5) is 0 Å². The number of nitrogens with one attached hydrogen (secondary N) is 1. The highest BCUT2D eigenvalue weighted by molar-refractivity contribution is 9.09. The normalized spacial score (nSPS) is 23.7. The van der Waals surface area contributed by atoms with Gasteiger partial charge in [0.15, 0.2) is 0 Å². The Bertz CT molecular complexity index is 438. The SMILES string of the molecule is O=C(Cc1ccccc1Cl)NC1CCCCCC1Br. The van der Waals surface area contributed by atoms with E-state index in [0.29, 0.717) is 16.3 Å². The van der Waals surface area contributed by atoms with E-state index in [1.54, 1.807) is 0 Å². The molecule has 19 heavy (non-hydrogen) atoms. The minimum absolute atomic E-state index is 0.0597. The van der Waals surface area contributed by atoms with Crippen LogP contribution in [0.1, 0.15) is 37.7 Å². The molecule has 1 N–H and O–H groups in total. The Kier molecular flexibility index (Phi) is 5.71. The summed E-state index contributed by atoms with van der Waals surface area (Å²) in [6.07, 6.45) is 6.25. The van der Waals surface area contributed by atoms with Crippen molar-refractivity contribution in [3.05, 3.63) is 34.9 Å². The summed E-state index contributed by atoms with van der Waals surface area (Å²) in [5, 5.41) is 3.80. The van der Waals surface area contributed by atoms with E-state index < -0.39 is 0 Å². The fraction of sp³-hybridized carbons (Fsp3) is 0.533. The van der Waals surface area contributed by atoms with Crippen molar-refractivity contribution < 1.29 is 4.79 Å². The number of benzene rings is 1. The molecule has 1 aliphatic carbocycles. The van der Waals surface area contributed by atoms with Gasteiger partial charge in [0.25, 0.3) is 0 Å². The zero-order chi connectivity index (χ0) is 13.7. The van der Waals surface area contributed by atoms with Crippen LogP contribution < -0.4 is 5.32 Å². The first-order valence-electron chi connectivity index (χ1n) is 6.83. The van der Waals surface area contributed by atoms with Gasteiger partial charge in [-0.05, 0) is 24.5 Å². The van der Waals surface area contributed by atoms with Gasteiger partial charge in [-0.15, -0.1) is 0 Å². The highest BCUT2D eigenvalue weighted by Crippen LogP contribution is 2.24. The van der Waals surface area contributed by atoms with Crippen molar-refractivity contribution in [2.24, 2.45) is 0 Å². The third-order valence-electron chi connectivity index (χ3n) is 3.59. The maximum absolute atomic E-state index is 12.1. The second-order valence-corrected chi connectivity index (χ2v) is 6.68. The molecule has 1 fully saturated rings. The molecule has 1 aromatic rings. The second-order valence-electron chi connectivity index (χ2n) is 5.10. The molecule has 4 heteroatoms. The molecule has 0 bridgehead atoms. The molecule has 1 saturated carbocycles. The van der Waals surface area contributed by atoms with Gasteiger partial charge in [-0.2, -0.15) is 0 Å². The van der Waals surface area contributed by atoms with Crippen LogP contribution in [0.15, 0.2) is 24.3 Å². The molecular formula is C15H19BrClNO. The number of alkyl halides is 1. The van der Waals surface area contributed by atoms with Crippen LogP contribution in [0.5, 0.6) is 0 Å². The largest absolute Gasteiger partial charge is 0.352 e. The summed E-state index contributed by atoms with van der Waals surface area (Å²) in [7, 11) is 0. The number of hydrogen-bond acceptors (Lipinski definition) is 1. The van der Waals surface area contributed by atoms with Crippen molar-refractivity contribution in [3.63, 3.8) is 0 Å². The smallest absolute Gasteiger partial charge is 0.224 e. The maximum Gasteiger partial charge on any atom is 0.224 e. The molecule has 1 aliphatic rings. The van der Waals surface area contributed by atoms with Crippen molar-refractivity contribution >= 4 is 33.4 Å². The summed E-state index contributed by atoms with van der Waals surface area (Å²) in [5.74, 6) is 0.0597. The Morgan fingerprint density at radius 1 is 1.26 bits per heavy atom. The van der Waals surface area contributed by atoms with Gasteiger partial charge in [-0.3, -0.25) is 4.79 Å². The van der Waals surface area contributed by atoms with Crippen LogP contribution in [-0.2, 0) is 11.2 Å². The van der Waals surface area contributed by atoms with E-state index in [-0.39, 0.29) is 11.9 Å². The van der Waals surface area contributed by atoms with Gasteiger partial charge in [0.2, 0.25) is 5.91 Å². The monoisotopic (exact) mass is 343 g/mol. The minimum Gasteiger partial charge on any atom is -0.352 e. The van der Waals surface area contributed by atoms with Gasteiger partial charge in [-0.25, -0.2) is 0 Å². The van der Waals surface area contributed by atoms with Crippen molar-refractivity contribution in [2.45, 2.75) is 49.4 Å².